The molecule has 1 heterocycles. The van der Waals surface area contributed by atoms with E-state index < -0.39 is 0 Å². The van der Waals surface area contributed by atoms with Gasteiger partial charge in [-0.3, -0.25) is 4.98 Å². The summed E-state index contributed by atoms with van der Waals surface area (Å²) in [5.74, 6) is 0.0680. The molecule has 2 rings (SSSR count). The number of phenols is 1. The molecular weight excluding hydrogens is 220 g/mol. The second-order valence-corrected chi connectivity index (χ2v) is 3.76. The minimum atomic E-state index is 0.0680. The molecule has 86 valence electrons. The number of rotatable bonds is 1. The summed E-state index contributed by atoms with van der Waals surface area (Å²) >= 11 is 1.59. The molecule has 16 heavy (non-hydrogen) atoms. The molecule has 0 radical (unpaired) electrons. The van der Waals surface area contributed by atoms with Crippen molar-refractivity contribution in [3.8, 4) is 5.75 Å². The summed E-state index contributed by atoms with van der Waals surface area (Å²) in [4.78, 5) is 5.14. The lowest BCUT2D eigenvalue weighted by molar-refractivity contribution is 0.482. The summed E-state index contributed by atoms with van der Waals surface area (Å²) < 4.78 is 0. The highest BCUT2D eigenvalue weighted by atomic mass is 32.2. The first-order valence-electron chi connectivity index (χ1n) is 5.14. The molecule has 0 aliphatic rings. The van der Waals surface area contributed by atoms with Crippen molar-refractivity contribution in [3.05, 3.63) is 24.4 Å². The highest BCUT2D eigenvalue weighted by Gasteiger charge is 2.08. The van der Waals surface area contributed by atoms with Gasteiger partial charge in [0.05, 0.1) is 5.69 Å². The summed E-state index contributed by atoms with van der Waals surface area (Å²) in [5, 5.41) is 10.6. The highest BCUT2D eigenvalue weighted by molar-refractivity contribution is 7.98. The lowest BCUT2D eigenvalue weighted by Gasteiger charge is -2.07. The van der Waals surface area contributed by atoms with Crippen molar-refractivity contribution in [1.29, 1.82) is 0 Å². The van der Waals surface area contributed by atoms with Crippen LogP contribution in [0.5, 0.6) is 5.75 Å². The zero-order valence-corrected chi connectivity index (χ0v) is 10.5. The first kappa shape index (κ1) is 12.6. The average molecular weight is 236 g/mol. The molecule has 1 aromatic heterocycles. The number of phenolic OH excluding ortho intramolecular Hbond substituents is 1. The van der Waals surface area contributed by atoms with Crippen molar-refractivity contribution in [1.82, 2.24) is 4.98 Å². The van der Waals surface area contributed by atoms with E-state index >= 15 is 0 Å². The Morgan fingerprint density at radius 1 is 1.38 bits per heavy atom. The van der Waals surface area contributed by atoms with E-state index in [2.05, 4.69) is 4.98 Å². The second kappa shape index (κ2) is 5.61. The Labute approximate surface area is 99.7 Å². The summed E-state index contributed by atoms with van der Waals surface area (Å²) in [6, 6.07) is 5.54. The molecule has 1 aromatic carbocycles. The highest BCUT2D eigenvalue weighted by Crippen LogP contribution is 2.35. The molecule has 0 unspecified atom stereocenters. The number of benzene rings is 1. The molecule has 0 spiro atoms. The molecule has 0 amide bonds. The van der Waals surface area contributed by atoms with Crippen LogP contribution in [-0.2, 0) is 0 Å². The van der Waals surface area contributed by atoms with Gasteiger partial charge in [0.1, 0.15) is 5.52 Å². The third-order valence-electron chi connectivity index (χ3n) is 2.08. The fourth-order valence-corrected chi connectivity index (χ4v) is 2.02. The second-order valence-electron chi connectivity index (χ2n) is 2.92. The zero-order chi connectivity index (χ0) is 12.1. The molecule has 0 fully saturated rings. The minimum Gasteiger partial charge on any atom is -0.504 e. The Morgan fingerprint density at radius 2 is 2.06 bits per heavy atom. The summed E-state index contributed by atoms with van der Waals surface area (Å²) in [6.45, 7) is 4.00. The maximum atomic E-state index is 9.68. The van der Waals surface area contributed by atoms with Gasteiger partial charge in [-0.15, -0.1) is 11.8 Å². The van der Waals surface area contributed by atoms with Gasteiger partial charge >= 0.3 is 0 Å². The number of hydrogen-bond acceptors (Lipinski definition) is 4. The van der Waals surface area contributed by atoms with E-state index in [1.165, 1.54) is 0 Å². The van der Waals surface area contributed by atoms with Crippen molar-refractivity contribution in [2.45, 2.75) is 18.7 Å². The summed E-state index contributed by atoms with van der Waals surface area (Å²) in [7, 11) is 0. The van der Waals surface area contributed by atoms with Gasteiger partial charge in [-0.2, -0.15) is 0 Å². The van der Waals surface area contributed by atoms with Crippen molar-refractivity contribution in [3.63, 3.8) is 0 Å². The van der Waals surface area contributed by atoms with Crippen LogP contribution in [-0.4, -0.2) is 16.3 Å². The molecule has 2 aromatic rings. The summed E-state index contributed by atoms with van der Waals surface area (Å²) in [5.41, 5.74) is 6.60. The number of fused-ring (bicyclic) bond motifs is 1. The Hall–Kier alpha value is -1.42. The fraction of sp³-hybridized carbons (Fsp3) is 0.250. The number of aromatic hydroxyl groups is 1. The largest absolute Gasteiger partial charge is 0.504 e. The van der Waals surface area contributed by atoms with E-state index in [1.54, 1.807) is 24.0 Å². The van der Waals surface area contributed by atoms with E-state index in [1.807, 2.05) is 32.2 Å². The zero-order valence-electron chi connectivity index (χ0n) is 9.69. The number of aromatic nitrogens is 1. The van der Waals surface area contributed by atoms with E-state index in [-0.39, 0.29) is 5.75 Å². The molecule has 0 aliphatic heterocycles. The fourth-order valence-electron chi connectivity index (χ4n) is 1.39. The molecule has 0 bridgehead atoms. The number of thioether (sulfide) groups is 1. The first-order chi connectivity index (χ1) is 7.74. The van der Waals surface area contributed by atoms with E-state index in [4.69, 9.17) is 5.73 Å². The molecule has 3 N–H and O–H groups in total. The smallest absolute Gasteiger partial charge is 0.165 e. The van der Waals surface area contributed by atoms with E-state index in [0.29, 0.717) is 11.2 Å². The molecule has 3 nitrogen and oxygen atoms in total. The number of pyridine rings is 1. The lowest BCUT2D eigenvalue weighted by atomic mass is 10.2. The molecular formula is C12H16N2OS. The van der Waals surface area contributed by atoms with Crippen LogP contribution < -0.4 is 5.73 Å². The van der Waals surface area contributed by atoms with E-state index in [0.717, 1.165) is 10.3 Å². The van der Waals surface area contributed by atoms with Crippen LogP contribution >= 0.6 is 11.8 Å². The van der Waals surface area contributed by atoms with Gasteiger partial charge in [-0.05, 0) is 18.4 Å². The van der Waals surface area contributed by atoms with Crippen LogP contribution in [0.2, 0.25) is 0 Å². The standard InChI is InChI=1S/C10H10N2OS.C2H6/c1-14-8-5-7(11)10(13)9-6(8)3-2-4-12-9;1-2/h2-5,13H,11H2,1H3;1-2H3. The predicted octanol–water partition coefficient (Wildman–Crippen LogP) is 3.27. The number of nitrogens with two attached hydrogens (primary N) is 1. The Kier molecular flexibility index (Phi) is 4.43. The van der Waals surface area contributed by atoms with Crippen LogP contribution in [0.25, 0.3) is 10.9 Å². The van der Waals surface area contributed by atoms with Crippen LogP contribution in [0, 0.1) is 0 Å². The van der Waals surface area contributed by atoms with Gasteiger partial charge in [-0.25, -0.2) is 0 Å². The lowest BCUT2D eigenvalue weighted by Crippen LogP contribution is -1.90. The Balaban J connectivity index is 0.000000606. The van der Waals surface area contributed by atoms with Crippen molar-refractivity contribution in [2.24, 2.45) is 0 Å². The third kappa shape index (κ3) is 2.22. The minimum absolute atomic E-state index is 0.0680. The van der Waals surface area contributed by atoms with Crippen molar-refractivity contribution < 1.29 is 5.11 Å². The normalized spacial score (nSPS) is 9.69. The molecule has 0 saturated heterocycles. The molecule has 0 atom stereocenters. The van der Waals surface area contributed by atoms with Crippen molar-refractivity contribution in [2.75, 3.05) is 12.0 Å². The van der Waals surface area contributed by atoms with Gasteiger partial charge in [-0.1, -0.05) is 19.9 Å². The number of anilines is 1. The van der Waals surface area contributed by atoms with Gasteiger partial charge in [0.2, 0.25) is 0 Å². The maximum absolute atomic E-state index is 9.68. The van der Waals surface area contributed by atoms with Crippen LogP contribution in [0.15, 0.2) is 29.3 Å². The monoisotopic (exact) mass is 236 g/mol. The van der Waals surface area contributed by atoms with E-state index in [9.17, 15) is 5.11 Å². The third-order valence-corrected chi connectivity index (χ3v) is 2.86. The maximum Gasteiger partial charge on any atom is 0.165 e. The molecule has 0 saturated carbocycles. The Bertz CT molecular complexity index is 486. The predicted molar refractivity (Wildman–Crippen MR) is 70.9 cm³/mol. The molecule has 0 aliphatic carbocycles. The number of hydrogen-bond donors (Lipinski definition) is 2. The summed E-state index contributed by atoms with van der Waals surface area (Å²) in [6.07, 6.45) is 3.61. The Morgan fingerprint density at radius 3 is 2.69 bits per heavy atom. The van der Waals surface area contributed by atoms with Gasteiger partial charge in [0, 0.05) is 16.5 Å². The SMILES string of the molecule is CC.CSc1cc(N)c(O)c2ncccc12. The number of nitrogen functional groups attached to an aromatic ring is 1. The van der Waals surface area contributed by atoms with Gasteiger partial charge in [0.25, 0.3) is 0 Å². The van der Waals surface area contributed by atoms with Crippen LogP contribution in [0.1, 0.15) is 13.8 Å². The molecule has 4 heteroatoms. The number of nitrogens with zero attached hydrogens (tertiary/aromatic N) is 1. The quantitative estimate of drug-likeness (QED) is 0.453. The van der Waals surface area contributed by atoms with Gasteiger partial charge in [0.15, 0.2) is 5.75 Å². The van der Waals surface area contributed by atoms with Crippen LogP contribution in [0.4, 0.5) is 5.69 Å². The van der Waals surface area contributed by atoms with Crippen molar-refractivity contribution >= 4 is 28.4 Å². The van der Waals surface area contributed by atoms with Gasteiger partial charge < -0.3 is 10.8 Å². The van der Waals surface area contributed by atoms with Crippen LogP contribution in [0.3, 0.4) is 0 Å². The average Bonchev–Trinajstić information content (AvgIpc) is 2.36. The first-order valence-corrected chi connectivity index (χ1v) is 6.36. The topological polar surface area (TPSA) is 59.1 Å².